The highest BCUT2D eigenvalue weighted by atomic mass is 16.5. The lowest BCUT2D eigenvalue weighted by molar-refractivity contribution is -0.468. The van der Waals surface area contributed by atoms with E-state index in [0.717, 1.165) is 6.42 Å². The van der Waals surface area contributed by atoms with E-state index in [9.17, 15) is 5.21 Å². The number of methoxy groups -OCH3 is 1. The highest BCUT2D eigenvalue weighted by molar-refractivity contribution is 5.34. The maximum atomic E-state index is 11.9. The van der Waals surface area contributed by atoms with Gasteiger partial charge in [0.25, 0.3) is 0 Å². The highest BCUT2D eigenvalue weighted by Gasteiger charge is 2.27. The molecule has 1 atom stereocenters. The van der Waals surface area contributed by atoms with E-state index in [-0.39, 0.29) is 5.60 Å². The first-order chi connectivity index (χ1) is 9.19. The fourth-order valence-electron chi connectivity index (χ4n) is 2.01. The third-order valence-electron chi connectivity index (χ3n) is 3.40. The van der Waals surface area contributed by atoms with Gasteiger partial charge in [-0.15, -0.1) is 0 Å². The number of rotatable bonds is 4. The van der Waals surface area contributed by atoms with Crippen molar-refractivity contribution in [2.75, 3.05) is 7.11 Å². The standard InChI is InChI=1S/C15H18N2O2/c1-3-15(19-2)11-9-14(10-12-15)17(18)16-13-7-5-4-6-8-13/h4-11H,3,12H2,1-2H3. The first-order valence-corrected chi connectivity index (χ1v) is 6.37. The Balaban J connectivity index is 2.15. The molecule has 0 aliphatic heterocycles. The van der Waals surface area contributed by atoms with Crippen molar-refractivity contribution in [2.24, 2.45) is 5.11 Å². The smallest absolute Gasteiger partial charge is 0.240 e. The Labute approximate surface area is 113 Å². The number of ether oxygens (including phenoxy) is 1. The molecule has 0 aromatic heterocycles. The summed E-state index contributed by atoms with van der Waals surface area (Å²) in [7, 11) is 1.69. The zero-order valence-corrected chi connectivity index (χ0v) is 11.2. The zero-order chi connectivity index (χ0) is 13.7. The van der Waals surface area contributed by atoms with Crippen LogP contribution in [-0.2, 0) is 4.74 Å². The zero-order valence-electron chi connectivity index (χ0n) is 11.2. The lowest BCUT2D eigenvalue weighted by Gasteiger charge is -2.28. The predicted octanol–water partition coefficient (Wildman–Crippen LogP) is 3.92. The predicted molar refractivity (Wildman–Crippen MR) is 74.0 cm³/mol. The van der Waals surface area contributed by atoms with Gasteiger partial charge in [-0.2, -0.15) is 0 Å². The second kappa shape index (κ2) is 5.80. The Kier molecular flexibility index (Phi) is 4.12. The molecule has 19 heavy (non-hydrogen) atoms. The molecule has 1 aliphatic carbocycles. The van der Waals surface area contributed by atoms with Crippen molar-refractivity contribution in [1.82, 2.24) is 0 Å². The fraction of sp³-hybridized carbons (Fsp3) is 0.333. The van der Waals surface area contributed by atoms with E-state index in [1.54, 1.807) is 25.3 Å². The van der Waals surface area contributed by atoms with E-state index >= 15 is 0 Å². The van der Waals surface area contributed by atoms with Crippen LogP contribution in [0.5, 0.6) is 0 Å². The van der Waals surface area contributed by atoms with Crippen molar-refractivity contribution in [3.8, 4) is 0 Å². The number of benzene rings is 1. The van der Waals surface area contributed by atoms with E-state index in [2.05, 4.69) is 12.0 Å². The molecule has 0 fully saturated rings. The quantitative estimate of drug-likeness (QED) is 0.467. The molecule has 0 radical (unpaired) electrons. The molecule has 0 N–H and O–H groups in total. The molecule has 100 valence electrons. The van der Waals surface area contributed by atoms with E-state index in [1.807, 2.05) is 30.4 Å². The van der Waals surface area contributed by atoms with Crippen LogP contribution in [0.25, 0.3) is 0 Å². The lowest BCUT2D eigenvalue weighted by atomic mass is 9.91. The van der Waals surface area contributed by atoms with Gasteiger partial charge < -0.3 is 9.94 Å². The first-order valence-electron chi connectivity index (χ1n) is 6.37. The largest absolute Gasteiger partial charge is 0.594 e. The summed E-state index contributed by atoms with van der Waals surface area (Å²) in [5, 5.41) is 15.9. The molecule has 0 amide bonds. The van der Waals surface area contributed by atoms with Crippen LogP contribution in [0, 0.1) is 5.21 Å². The third-order valence-corrected chi connectivity index (χ3v) is 3.40. The van der Waals surface area contributed by atoms with Gasteiger partial charge >= 0.3 is 0 Å². The van der Waals surface area contributed by atoms with Gasteiger partial charge in [-0.25, -0.2) is 0 Å². The minimum Gasteiger partial charge on any atom is -0.594 e. The number of hydrogen-bond acceptors (Lipinski definition) is 3. The summed E-state index contributed by atoms with van der Waals surface area (Å²) in [4.78, 5) is 0.654. The average molecular weight is 258 g/mol. The maximum absolute atomic E-state index is 11.9. The number of hydroxylamine groups is 1. The van der Waals surface area contributed by atoms with Crippen LogP contribution in [-0.4, -0.2) is 17.6 Å². The maximum Gasteiger partial charge on any atom is 0.240 e. The Morgan fingerprint density at radius 1 is 1.37 bits per heavy atom. The van der Waals surface area contributed by atoms with Crippen LogP contribution in [0.4, 0.5) is 5.69 Å². The Morgan fingerprint density at radius 2 is 2.11 bits per heavy atom. The van der Waals surface area contributed by atoms with Crippen molar-refractivity contribution in [3.05, 3.63) is 59.5 Å². The Bertz CT molecular complexity index is 514. The number of azo groups is 1. The number of hydrogen-bond donors (Lipinski definition) is 0. The lowest BCUT2D eigenvalue weighted by Crippen LogP contribution is -2.29. The van der Waals surface area contributed by atoms with Crippen molar-refractivity contribution in [3.63, 3.8) is 0 Å². The first kappa shape index (κ1) is 13.5. The van der Waals surface area contributed by atoms with Crippen LogP contribution in [0.3, 0.4) is 0 Å². The second-order valence-corrected chi connectivity index (χ2v) is 4.50. The van der Waals surface area contributed by atoms with Crippen LogP contribution < -0.4 is 0 Å². The summed E-state index contributed by atoms with van der Waals surface area (Å²) in [6.07, 6.45) is 7.14. The van der Waals surface area contributed by atoms with Crippen LogP contribution in [0.1, 0.15) is 19.8 Å². The summed E-state index contributed by atoms with van der Waals surface area (Å²) in [6.45, 7) is 2.07. The van der Waals surface area contributed by atoms with Gasteiger partial charge in [0.1, 0.15) is 5.69 Å². The monoisotopic (exact) mass is 258 g/mol. The molecule has 0 spiro atoms. The summed E-state index contributed by atoms with van der Waals surface area (Å²) in [5.41, 5.74) is 0.910. The van der Waals surface area contributed by atoms with Crippen LogP contribution in [0.15, 0.2) is 59.4 Å². The van der Waals surface area contributed by atoms with Gasteiger partial charge in [-0.3, -0.25) is 0 Å². The molecular weight excluding hydrogens is 240 g/mol. The third kappa shape index (κ3) is 3.09. The van der Waals surface area contributed by atoms with Gasteiger partial charge in [-0.1, -0.05) is 30.0 Å². The SMILES string of the molecule is CCC1(OC)C=CC([N+]([O-])=Nc2ccccc2)=CC1. The molecule has 0 bridgehead atoms. The molecule has 4 heteroatoms. The van der Waals surface area contributed by atoms with Gasteiger partial charge in [0.05, 0.1) is 5.60 Å². The number of nitrogens with zero attached hydrogens (tertiary/aromatic N) is 2. The minimum absolute atomic E-state index is 0.281. The topological polar surface area (TPSA) is 47.7 Å². The highest BCUT2D eigenvalue weighted by Crippen LogP contribution is 2.28. The molecule has 4 nitrogen and oxygen atoms in total. The summed E-state index contributed by atoms with van der Waals surface area (Å²) in [5.74, 6) is 0. The number of allylic oxidation sites excluding steroid dienone is 1. The normalized spacial score (nSPS) is 23.3. The van der Waals surface area contributed by atoms with Crippen molar-refractivity contribution in [1.29, 1.82) is 0 Å². The van der Waals surface area contributed by atoms with Crippen LogP contribution in [0.2, 0.25) is 0 Å². The molecule has 1 aromatic carbocycles. The minimum atomic E-state index is -0.281. The molecule has 1 aliphatic rings. The van der Waals surface area contributed by atoms with Gasteiger partial charge in [0.2, 0.25) is 5.70 Å². The van der Waals surface area contributed by atoms with E-state index in [0.29, 0.717) is 22.7 Å². The van der Waals surface area contributed by atoms with Gasteiger partial charge in [-0.05, 0) is 30.7 Å². The Hall–Kier alpha value is -1.94. The van der Waals surface area contributed by atoms with Crippen LogP contribution >= 0.6 is 0 Å². The van der Waals surface area contributed by atoms with E-state index in [1.165, 1.54) is 0 Å². The molecular formula is C15H18N2O2. The summed E-state index contributed by atoms with van der Waals surface area (Å²) < 4.78 is 5.49. The van der Waals surface area contributed by atoms with Gasteiger partial charge in [0, 0.05) is 24.7 Å². The molecule has 0 heterocycles. The van der Waals surface area contributed by atoms with E-state index in [4.69, 9.17) is 4.74 Å². The second-order valence-electron chi connectivity index (χ2n) is 4.50. The van der Waals surface area contributed by atoms with Crippen molar-refractivity contribution < 1.29 is 9.60 Å². The van der Waals surface area contributed by atoms with E-state index < -0.39 is 0 Å². The average Bonchev–Trinajstić information content (AvgIpc) is 2.48. The van der Waals surface area contributed by atoms with Crippen molar-refractivity contribution >= 4 is 5.69 Å². The molecule has 1 aromatic rings. The molecule has 1 unspecified atom stereocenters. The Morgan fingerprint density at radius 3 is 2.63 bits per heavy atom. The van der Waals surface area contributed by atoms with Crippen molar-refractivity contribution in [2.45, 2.75) is 25.4 Å². The fourth-order valence-corrected chi connectivity index (χ4v) is 2.01. The summed E-state index contributed by atoms with van der Waals surface area (Å²) in [6, 6.07) is 9.19. The molecule has 0 saturated heterocycles. The van der Waals surface area contributed by atoms with Gasteiger partial charge in [0.15, 0.2) is 0 Å². The summed E-state index contributed by atoms with van der Waals surface area (Å²) >= 11 is 0. The molecule has 0 saturated carbocycles. The molecule has 2 rings (SSSR count).